The van der Waals surface area contributed by atoms with Crippen LogP contribution in [0, 0.1) is 12.7 Å². The number of carbonyl (C=O) groups is 2. The first-order valence-corrected chi connectivity index (χ1v) is 7.58. The van der Waals surface area contributed by atoms with Crippen LogP contribution in [0.4, 0.5) is 10.1 Å². The van der Waals surface area contributed by atoms with Crippen LogP contribution in [0.15, 0.2) is 42.5 Å². The third kappa shape index (κ3) is 3.37. The number of carbonyl (C=O) groups excluding carboxylic acids is 2. The predicted molar refractivity (Wildman–Crippen MR) is 87.3 cm³/mol. The van der Waals surface area contributed by atoms with Crippen LogP contribution in [0.5, 0.6) is 5.75 Å². The fourth-order valence-electron chi connectivity index (χ4n) is 2.52. The molecule has 0 saturated heterocycles. The van der Waals surface area contributed by atoms with Gasteiger partial charge in [0.1, 0.15) is 18.1 Å². The van der Waals surface area contributed by atoms with Gasteiger partial charge >= 0.3 is 0 Å². The van der Waals surface area contributed by atoms with Crippen molar-refractivity contribution in [3.63, 3.8) is 0 Å². The summed E-state index contributed by atoms with van der Waals surface area (Å²) in [5, 5.41) is 2.64. The Morgan fingerprint density at radius 1 is 1.29 bits per heavy atom. The number of nitrogens with one attached hydrogen (secondary N) is 1. The summed E-state index contributed by atoms with van der Waals surface area (Å²) in [5.74, 6) is -0.446. The van der Waals surface area contributed by atoms with Crippen molar-refractivity contribution in [1.82, 2.24) is 5.32 Å². The van der Waals surface area contributed by atoms with Crippen LogP contribution < -0.4 is 15.0 Å². The van der Waals surface area contributed by atoms with Crippen molar-refractivity contribution >= 4 is 17.5 Å². The summed E-state index contributed by atoms with van der Waals surface area (Å²) in [6, 6.07) is 11.7. The molecule has 2 amide bonds. The quantitative estimate of drug-likeness (QED) is 0.936. The summed E-state index contributed by atoms with van der Waals surface area (Å²) >= 11 is 0. The van der Waals surface area contributed by atoms with E-state index in [0.717, 1.165) is 5.56 Å². The Hall–Kier alpha value is -2.89. The fourth-order valence-corrected chi connectivity index (χ4v) is 2.52. The van der Waals surface area contributed by atoms with Gasteiger partial charge in [-0.3, -0.25) is 14.5 Å². The highest BCUT2D eigenvalue weighted by Gasteiger charge is 2.27. The van der Waals surface area contributed by atoms with Crippen molar-refractivity contribution in [3.8, 4) is 5.75 Å². The summed E-state index contributed by atoms with van der Waals surface area (Å²) in [6.45, 7) is 1.74. The number of ether oxygens (including phenoxy) is 1. The molecule has 5 nitrogen and oxygen atoms in total. The molecule has 0 aromatic heterocycles. The van der Waals surface area contributed by atoms with Crippen molar-refractivity contribution in [2.75, 3.05) is 18.1 Å². The van der Waals surface area contributed by atoms with E-state index in [1.807, 2.05) is 13.0 Å². The lowest BCUT2D eigenvalue weighted by Crippen LogP contribution is -2.45. The van der Waals surface area contributed by atoms with Gasteiger partial charge in [-0.15, -0.1) is 0 Å². The normalized spacial score (nSPS) is 13.2. The molecule has 0 aliphatic carbocycles. The highest BCUT2D eigenvalue weighted by molar-refractivity contribution is 6.02. The molecule has 24 heavy (non-hydrogen) atoms. The Morgan fingerprint density at radius 3 is 2.88 bits per heavy atom. The second-order valence-corrected chi connectivity index (χ2v) is 5.61. The van der Waals surface area contributed by atoms with Gasteiger partial charge < -0.3 is 10.1 Å². The Kier molecular flexibility index (Phi) is 4.46. The first-order chi connectivity index (χ1) is 11.5. The van der Waals surface area contributed by atoms with Gasteiger partial charge in [-0.05, 0) is 30.7 Å². The van der Waals surface area contributed by atoms with Gasteiger partial charge in [-0.1, -0.05) is 24.3 Å². The molecule has 2 aromatic rings. The minimum absolute atomic E-state index is 0.0741. The van der Waals surface area contributed by atoms with Gasteiger partial charge in [0.15, 0.2) is 6.61 Å². The van der Waals surface area contributed by atoms with Crippen molar-refractivity contribution in [3.05, 3.63) is 59.4 Å². The number of anilines is 1. The zero-order valence-electron chi connectivity index (χ0n) is 13.2. The number of hydrogen-bond donors (Lipinski definition) is 1. The third-order valence-electron chi connectivity index (χ3n) is 3.79. The van der Waals surface area contributed by atoms with Crippen LogP contribution in [-0.4, -0.2) is 25.0 Å². The number of benzene rings is 2. The van der Waals surface area contributed by atoms with Gasteiger partial charge in [0.05, 0.1) is 5.69 Å². The second-order valence-electron chi connectivity index (χ2n) is 5.61. The first-order valence-electron chi connectivity index (χ1n) is 7.58. The first kappa shape index (κ1) is 16.0. The lowest BCUT2D eigenvalue weighted by atomic mass is 10.1. The van der Waals surface area contributed by atoms with E-state index < -0.39 is 0 Å². The van der Waals surface area contributed by atoms with Gasteiger partial charge in [0.25, 0.3) is 5.91 Å². The van der Waals surface area contributed by atoms with Crippen LogP contribution in [0.2, 0.25) is 0 Å². The highest BCUT2D eigenvalue weighted by Crippen LogP contribution is 2.32. The molecule has 0 saturated carbocycles. The Balaban J connectivity index is 1.69. The molecule has 1 N–H and O–H groups in total. The topological polar surface area (TPSA) is 58.6 Å². The number of halogens is 1. The Labute approximate surface area is 139 Å². The minimum Gasteiger partial charge on any atom is -0.482 e. The molecule has 3 rings (SSSR count). The summed E-state index contributed by atoms with van der Waals surface area (Å²) in [4.78, 5) is 25.7. The summed E-state index contributed by atoms with van der Waals surface area (Å²) in [6.07, 6.45) is 0. The molecule has 1 aliphatic heterocycles. The molecule has 0 atom stereocenters. The van der Waals surface area contributed by atoms with Gasteiger partial charge in [-0.2, -0.15) is 0 Å². The van der Waals surface area contributed by atoms with E-state index in [-0.39, 0.29) is 37.3 Å². The highest BCUT2D eigenvalue weighted by atomic mass is 19.1. The van der Waals surface area contributed by atoms with Crippen LogP contribution in [-0.2, 0) is 16.1 Å². The van der Waals surface area contributed by atoms with Crippen LogP contribution in [0.3, 0.4) is 0 Å². The number of nitrogens with zero attached hydrogens (tertiary/aromatic N) is 1. The Morgan fingerprint density at radius 2 is 2.08 bits per heavy atom. The van der Waals surface area contributed by atoms with E-state index >= 15 is 0 Å². The molecule has 0 fully saturated rings. The van der Waals surface area contributed by atoms with Crippen LogP contribution >= 0.6 is 0 Å². The van der Waals surface area contributed by atoms with Gasteiger partial charge in [-0.25, -0.2) is 4.39 Å². The number of rotatable bonds is 4. The average molecular weight is 328 g/mol. The summed E-state index contributed by atoms with van der Waals surface area (Å²) in [5.41, 5.74) is 1.94. The number of fused-ring (bicyclic) bond motifs is 1. The SMILES string of the molecule is Cc1ccc2c(c1)N(CC(=O)NCc1ccccc1F)C(=O)CO2. The molecule has 6 heteroatoms. The second kappa shape index (κ2) is 6.70. The monoisotopic (exact) mass is 328 g/mol. The molecule has 0 unspecified atom stereocenters. The van der Waals surface area contributed by atoms with E-state index in [1.165, 1.54) is 11.0 Å². The maximum atomic E-state index is 13.6. The molecule has 0 radical (unpaired) electrons. The van der Waals surface area contributed by atoms with Crippen molar-refractivity contribution in [1.29, 1.82) is 0 Å². The smallest absolute Gasteiger partial charge is 0.265 e. The van der Waals surface area contributed by atoms with Crippen molar-refractivity contribution < 1.29 is 18.7 Å². The maximum Gasteiger partial charge on any atom is 0.265 e. The molecule has 1 aliphatic rings. The van der Waals surface area contributed by atoms with Crippen molar-refractivity contribution in [2.45, 2.75) is 13.5 Å². The lowest BCUT2D eigenvalue weighted by molar-refractivity contribution is -0.125. The van der Waals surface area contributed by atoms with Gasteiger partial charge in [0, 0.05) is 12.1 Å². The van der Waals surface area contributed by atoms with Crippen molar-refractivity contribution in [2.24, 2.45) is 0 Å². The molecule has 0 bridgehead atoms. The van der Waals surface area contributed by atoms with Crippen LogP contribution in [0.25, 0.3) is 0 Å². The van der Waals surface area contributed by atoms with E-state index in [1.54, 1.807) is 30.3 Å². The molecular formula is C18H17FN2O3. The zero-order valence-corrected chi connectivity index (χ0v) is 13.2. The summed E-state index contributed by atoms with van der Waals surface area (Å²) in [7, 11) is 0. The zero-order chi connectivity index (χ0) is 17.1. The molecule has 0 spiro atoms. The van der Waals surface area contributed by atoms with E-state index in [4.69, 9.17) is 4.74 Å². The minimum atomic E-state index is -0.374. The average Bonchev–Trinajstić information content (AvgIpc) is 2.57. The lowest BCUT2D eigenvalue weighted by Gasteiger charge is -2.29. The van der Waals surface area contributed by atoms with E-state index in [0.29, 0.717) is 17.0 Å². The third-order valence-corrected chi connectivity index (χ3v) is 3.79. The molecule has 2 aromatic carbocycles. The molecule has 1 heterocycles. The number of amides is 2. The molecular weight excluding hydrogens is 311 g/mol. The van der Waals surface area contributed by atoms with E-state index in [9.17, 15) is 14.0 Å². The molecule has 124 valence electrons. The maximum absolute atomic E-state index is 13.6. The standard InChI is InChI=1S/C18H17FN2O3/c1-12-6-7-16-15(8-12)21(18(23)11-24-16)10-17(22)20-9-13-4-2-3-5-14(13)19/h2-8H,9-11H2,1H3,(H,20,22). The fraction of sp³-hybridized carbons (Fsp3) is 0.222. The number of hydrogen-bond acceptors (Lipinski definition) is 3. The number of aryl methyl sites for hydroxylation is 1. The van der Waals surface area contributed by atoms with E-state index in [2.05, 4.69) is 5.32 Å². The van der Waals surface area contributed by atoms with Crippen LogP contribution in [0.1, 0.15) is 11.1 Å². The Bertz CT molecular complexity index is 792. The van der Waals surface area contributed by atoms with Gasteiger partial charge in [0.2, 0.25) is 5.91 Å². The largest absolute Gasteiger partial charge is 0.482 e. The summed E-state index contributed by atoms with van der Waals surface area (Å²) < 4.78 is 18.9. The predicted octanol–water partition coefficient (Wildman–Crippen LogP) is 2.18.